The third-order valence-corrected chi connectivity index (χ3v) is 10.2. The molecule has 1 aliphatic heterocycles. The highest BCUT2D eigenvalue weighted by atomic mass is 35.5. The van der Waals surface area contributed by atoms with E-state index in [0.29, 0.717) is 56.3 Å². The number of nitrogens with two attached hydrogens (primary N) is 1. The normalized spacial score (nSPS) is 23.0. The first-order valence-electron chi connectivity index (χ1n) is 15.7. The standard InChI is InChI=1S/C34H44ClN3O4/c1-2-42-33(41)34(25-9-4-3-5-10-25)18-20-38(21-19-34)32(40)29(22-23-12-15-26(35)16-13-23)37-31(39)28-17-14-24-8-6-7-11-27(24)30(28)36/h6-8,11-13,15-16,25,28-30H,2-5,9-10,14,17-22,36H2,1H3,(H,37,39)/t28-,29+,30+/m0/s1. The zero-order valence-electron chi connectivity index (χ0n) is 24.7. The number of benzene rings is 2. The summed E-state index contributed by atoms with van der Waals surface area (Å²) in [7, 11) is 0. The number of hydrogen-bond donors (Lipinski definition) is 2. The molecule has 8 heteroatoms. The van der Waals surface area contributed by atoms with E-state index in [1.54, 1.807) is 12.1 Å². The quantitative estimate of drug-likeness (QED) is 0.400. The van der Waals surface area contributed by atoms with Gasteiger partial charge in [0.1, 0.15) is 6.04 Å². The summed E-state index contributed by atoms with van der Waals surface area (Å²) in [5, 5.41) is 3.72. The Kier molecular flexibility index (Phi) is 9.89. The Morgan fingerprint density at radius 2 is 1.71 bits per heavy atom. The van der Waals surface area contributed by atoms with Crippen LogP contribution in [0.3, 0.4) is 0 Å². The SMILES string of the molecule is CCOC(=O)C1(C2CCCCC2)CCN(C(=O)[C@@H](Cc2ccc(Cl)cc2)NC(=O)[C@H]2CCc3ccccc3[C@H]2N)CC1. The van der Waals surface area contributed by atoms with E-state index in [2.05, 4.69) is 11.4 Å². The zero-order valence-corrected chi connectivity index (χ0v) is 25.4. The van der Waals surface area contributed by atoms with Crippen molar-refractivity contribution in [2.24, 2.45) is 23.0 Å². The molecule has 2 fully saturated rings. The van der Waals surface area contributed by atoms with Crippen molar-refractivity contribution in [1.29, 1.82) is 0 Å². The topological polar surface area (TPSA) is 102 Å². The van der Waals surface area contributed by atoms with Crippen LogP contribution in [-0.2, 0) is 32.0 Å². The van der Waals surface area contributed by atoms with Gasteiger partial charge in [-0.3, -0.25) is 14.4 Å². The summed E-state index contributed by atoms with van der Waals surface area (Å²) in [6, 6.07) is 14.2. The third-order valence-electron chi connectivity index (χ3n) is 9.91. The molecular weight excluding hydrogens is 550 g/mol. The number of nitrogens with zero attached hydrogens (tertiary/aromatic N) is 1. The fourth-order valence-corrected chi connectivity index (χ4v) is 7.61. The number of carbonyl (C=O) groups is 3. The lowest BCUT2D eigenvalue weighted by Crippen LogP contribution is -2.56. The Morgan fingerprint density at radius 3 is 2.40 bits per heavy atom. The average molecular weight is 594 g/mol. The van der Waals surface area contributed by atoms with Crippen LogP contribution in [0.15, 0.2) is 48.5 Å². The van der Waals surface area contributed by atoms with E-state index in [1.165, 1.54) is 12.0 Å². The first-order valence-corrected chi connectivity index (χ1v) is 16.0. The summed E-state index contributed by atoms with van der Waals surface area (Å²) in [6.07, 6.45) is 8.50. The van der Waals surface area contributed by atoms with Gasteiger partial charge in [-0.1, -0.05) is 67.3 Å². The summed E-state index contributed by atoms with van der Waals surface area (Å²) >= 11 is 6.12. The van der Waals surface area contributed by atoms with Crippen LogP contribution in [0.4, 0.5) is 0 Å². The van der Waals surface area contributed by atoms with E-state index in [9.17, 15) is 14.4 Å². The molecule has 2 aromatic rings. The van der Waals surface area contributed by atoms with Crippen LogP contribution in [0, 0.1) is 17.3 Å². The number of rotatable bonds is 8. The van der Waals surface area contributed by atoms with Crippen LogP contribution in [-0.4, -0.2) is 48.4 Å². The van der Waals surface area contributed by atoms with Crippen molar-refractivity contribution in [3.05, 3.63) is 70.2 Å². The summed E-state index contributed by atoms with van der Waals surface area (Å²) in [4.78, 5) is 42.9. The van der Waals surface area contributed by atoms with Gasteiger partial charge in [0.15, 0.2) is 0 Å². The van der Waals surface area contributed by atoms with Gasteiger partial charge in [0.25, 0.3) is 0 Å². The predicted octanol–water partition coefficient (Wildman–Crippen LogP) is 5.38. The summed E-state index contributed by atoms with van der Waals surface area (Å²) in [6.45, 7) is 3.15. The minimum atomic E-state index is -0.743. The maximum atomic E-state index is 14.1. The van der Waals surface area contributed by atoms with Crippen molar-refractivity contribution >= 4 is 29.4 Å². The fourth-order valence-electron chi connectivity index (χ4n) is 7.48. The Balaban J connectivity index is 1.32. The number of hydrogen-bond acceptors (Lipinski definition) is 5. The Hall–Kier alpha value is -2.90. The number of esters is 1. The van der Waals surface area contributed by atoms with Gasteiger partial charge in [0, 0.05) is 30.6 Å². The number of halogens is 1. The molecule has 3 N–H and O–H groups in total. The molecule has 42 heavy (non-hydrogen) atoms. The van der Waals surface area contributed by atoms with Crippen LogP contribution >= 0.6 is 11.6 Å². The molecule has 2 aliphatic carbocycles. The van der Waals surface area contributed by atoms with E-state index >= 15 is 0 Å². The third kappa shape index (κ3) is 6.52. The number of nitrogens with one attached hydrogen (secondary N) is 1. The van der Waals surface area contributed by atoms with Crippen molar-refractivity contribution < 1.29 is 19.1 Å². The molecule has 0 bridgehead atoms. The van der Waals surface area contributed by atoms with Crippen LogP contribution in [0.5, 0.6) is 0 Å². The number of aryl methyl sites for hydroxylation is 1. The van der Waals surface area contributed by atoms with Crippen molar-refractivity contribution in [2.75, 3.05) is 19.7 Å². The number of amides is 2. The minimum Gasteiger partial charge on any atom is -0.466 e. The Labute approximate surface area is 254 Å². The van der Waals surface area contributed by atoms with Gasteiger partial charge in [0.05, 0.1) is 17.9 Å². The smallest absolute Gasteiger partial charge is 0.312 e. The zero-order chi connectivity index (χ0) is 29.7. The number of fused-ring (bicyclic) bond motifs is 1. The van der Waals surface area contributed by atoms with Crippen molar-refractivity contribution in [3.63, 3.8) is 0 Å². The first-order chi connectivity index (χ1) is 20.3. The lowest BCUT2D eigenvalue weighted by atomic mass is 9.63. The number of ether oxygens (including phenoxy) is 1. The molecule has 0 spiro atoms. The molecule has 2 aromatic carbocycles. The van der Waals surface area contributed by atoms with Gasteiger partial charge in [-0.15, -0.1) is 0 Å². The molecule has 226 valence electrons. The molecule has 5 rings (SSSR count). The van der Waals surface area contributed by atoms with E-state index in [0.717, 1.165) is 43.2 Å². The van der Waals surface area contributed by atoms with Gasteiger partial charge in [-0.2, -0.15) is 0 Å². The first kappa shape index (κ1) is 30.6. The van der Waals surface area contributed by atoms with E-state index < -0.39 is 23.4 Å². The summed E-state index contributed by atoms with van der Waals surface area (Å²) < 4.78 is 5.60. The molecule has 1 saturated heterocycles. The molecule has 7 nitrogen and oxygen atoms in total. The highest BCUT2D eigenvalue weighted by Gasteiger charge is 2.49. The number of piperidine rings is 1. The second kappa shape index (κ2) is 13.6. The largest absolute Gasteiger partial charge is 0.466 e. The van der Waals surface area contributed by atoms with Crippen molar-refractivity contribution in [1.82, 2.24) is 10.2 Å². The molecule has 3 atom stereocenters. The molecule has 1 heterocycles. The average Bonchev–Trinajstić information content (AvgIpc) is 3.02. The number of carbonyl (C=O) groups excluding carboxylic acids is 3. The predicted molar refractivity (Wildman–Crippen MR) is 164 cm³/mol. The van der Waals surface area contributed by atoms with Gasteiger partial charge >= 0.3 is 5.97 Å². The minimum absolute atomic E-state index is 0.110. The van der Waals surface area contributed by atoms with Crippen LogP contribution < -0.4 is 11.1 Å². The van der Waals surface area contributed by atoms with Gasteiger partial charge in [-0.25, -0.2) is 0 Å². The molecule has 0 radical (unpaired) electrons. The molecule has 0 aromatic heterocycles. The maximum absolute atomic E-state index is 14.1. The Bertz CT molecular complexity index is 1250. The molecule has 0 unspecified atom stereocenters. The van der Waals surface area contributed by atoms with E-state index in [-0.39, 0.29) is 17.8 Å². The highest BCUT2D eigenvalue weighted by Crippen LogP contribution is 2.47. The number of likely N-dealkylation sites (tertiary alicyclic amines) is 1. The van der Waals surface area contributed by atoms with E-state index in [4.69, 9.17) is 22.1 Å². The summed E-state index contributed by atoms with van der Waals surface area (Å²) in [5.41, 5.74) is 9.15. The van der Waals surface area contributed by atoms with Crippen LogP contribution in [0.25, 0.3) is 0 Å². The lowest BCUT2D eigenvalue weighted by Gasteiger charge is -2.46. The van der Waals surface area contributed by atoms with Gasteiger partial charge in [0.2, 0.25) is 11.8 Å². The van der Waals surface area contributed by atoms with Crippen LogP contribution in [0.1, 0.15) is 81.0 Å². The monoisotopic (exact) mass is 593 g/mol. The van der Waals surface area contributed by atoms with Crippen LogP contribution in [0.2, 0.25) is 5.02 Å². The lowest BCUT2D eigenvalue weighted by molar-refractivity contribution is -0.166. The Morgan fingerprint density at radius 1 is 1.02 bits per heavy atom. The highest BCUT2D eigenvalue weighted by molar-refractivity contribution is 6.30. The molecule has 3 aliphatic rings. The summed E-state index contributed by atoms with van der Waals surface area (Å²) in [5.74, 6) is -0.539. The molecule has 2 amide bonds. The second-order valence-corrected chi connectivity index (χ2v) is 12.7. The van der Waals surface area contributed by atoms with Gasteiger partial charge < -0.3 is 20.7 Å². The molecular formula is C34H44ClN3O4. The van der Waals surface area contributed by atoms with Crippen molar-refractivity contribution in [3.8, 4) is 0 Å². The van der Waals surface area contributed by atoms with Crippen molar-refractivity contribution in [2.45, 2.75) is 83.2 Å². The molecule has 1 saturated carbocycles. The van der Waals surface area contributed by atoms with Gasteiger partial charge in [-0.05, 0) is 80.2 Å². The van der Waals surface area contributed by atoms with E-state index in [1.807, 2.05) is 42.2 Å². The maximum Gasteiger partial charge on any atom is 0.312 e. The fraction of sp³-hybridized carbons (Fsp3) is 0.559. The second-order valence-electron chi connectivity index (χ2n) is 12.3.